The molecule has 1 aromatic rings. The Morgan fingerprint density at radius 2 is 2.24 bits per heavy atom. The predicted molar refractivity (Wildman–Crippen MR) is 71.5 cm³/mol. The van der Waals surface area contributed by atoms with Crippen LogP contribution in [0, 0.1) is 5.82 Å². The first-order valence-electron chi connectivity index (χ1n) is 5.84. The molecule has 0 aromatic heterocycles. The summed E-state index contributed by atoms with van der Waals surface area (Å²) >= 11 is 3.26. The Bertz CT molecular complexity index is 340. The van der Waals surface area contributed by atoms with Crippen molar-refractivity contribution >= 4 is 15.9 Å². The molecule has 0 amide bonds. The molecule has 0 aliphatic rings. The molecule has 1 atom stereocenters. The number of ether oxygens (including phenoxy) is 1. The summed E-state index contributed by atoms with van der Waals surface area (Å²) in [6.45, 7) is 3.47. The largest absolute Gasteiger partial charge is 0.383 e. The number of benzene rings is 1. The van der Waals surface area contributed by atoms with Crippen LogP contribution in [0.5, 0.6) is 0 Å². The van der Waals surface area contributed by atoms with Crippen LogP contribution in [0.1, 0.15) is 25.3 Å². The molecule has 96 valence electrons. The van der Waals surface area contributed by atoms with E-state index < -0.39 is 0 Å². The first-order valence-corrected chi connectivity index (χ1v) is 6.63. The highest BCUT2D eigenvalue weighted by Crippen LogP contribution is 2.20. The first kappa shape index (κ1) is 14.6. The number of halogens is 2. The monoisotopic (exact) mass is 303 g/mol. The van der Waals surface area contributed by atoms with Gasteiger partial charge in [-0.2, -0.15) is 0 Å². The average Bonchev–Trinajstić information content (AvgIpc) is 2.31. The van der Waals surface area contributed by atoms with Crippen LogP contribution in [0.2, 0.25) is 0 Å². The maximum Gasteiger partial charge on any atom is 0.137 e. The maximum absolute atomic E-state index is 13.3. The molecular formula is C13H19BrFNO. The van der Waals surface area contributed by atoms with Gasteiger partial charge in [-0.3, -0.25) is 0 Å². The third-order valence-corrected chi connectivity index (χ3v) is 3.51. The van der Waals surface area contributed by atoms with Crippen LogP contribution in [0.3, 0.4) is 0 Å². The molecule has 0 spiro atoms. The standard InChI is InChI=1S/C13H19BrFNO/c1-3-5-11(9-17-2)16-8-10-6-4-7-12(15)13(10)14/h4,6-7,11,16H,3,5,8-9H2,1-2H3. The Hall–Kier alpha value is -0.450. The second-order valence-electron chi connectivity index (χ2n) is 4.03. The highest BCUT2D eigenvalue weighted by Gasteiger charge is 2.09. The lowest BCUT2D eigenvalue weighted by Crippen LogP contribution is -2.32. The Balaban J connectivity index is 2.55. The summed E-state index contributed by atoms with van der Waals surface area (Å²) in [6.07, 6.45) is 2.16. The molecular weight excluding hydrogens is 285 g/mol. The summed E-state index contributed by atoms with van der Waals surface area (Å²) in [4.78, 5) is 0. The highest BCUT2D eigenvalue weighted by molar-refractivity contribution is 9.10. The van der Waals surface area contributed by atoms with Gasteiger partial charge < -0.3 is 10.1 Å². The van der Waals surface area contributed by atoms with Gasteiger partial charge >= 0.3 is 0 Å². The molecule has 0 fully saturated rings. The second-order valence-corrected chi connectivity index (χ2v) is 4.83. The molecule has 0 bridgehead atoms. The van der Waals surface area contributed by atoms with Crippen molar-refractivity contribution in [1.82, 2.24) is 5.32 Å². The first-order chi connectivity index (χ1) is 8.19. The van der Waals surface area contributed by atoms with Gasteiger partial charge in [0.1, 0.15) is 5.82 Å². The smallest absolute Gasteiger partial charge is 0.137 e. The topological polar surface area (TPSA) is 21.3 Å². The van der Waals surface area contributed by atoms with Crippen LogP contribution in [0.4, 0.5) is 4.39 Å². The van der Waals surface area contributed by atoms with Gasteiger partial charge in [0.2, 0.25) is 0 Å². The molecule has 1 unspecified atom stereocenters. The molecule has 4 heteroatoms. The molecule has 2 nitrogen and oxygen atoms in total. The van der Waals surface area contributed by atoms with Crippen LogP contribution in [0.15, 0.2) is 22.7 Å². The summed E-state index contributed by atoms with van der Waals surface area (Å²) in [7, 11) is 1.70. The molecule has 17 heavy (non-hydrogen) atoms. The third-order valence-electron chi connectivity index (χ3n) is 2.62. The van der Waals surface area contributed by atoms with Crippen LogP contribution in [-0.2, 0) is 11.3 Å². The molecule has 1 aromatic carbocycles. The molecule has 0 radical (unpaired) electrons. The van der Waals surface area contributed by atoms with Gasteiger partial charge in [-0.25, -0.2) is 4.39 Å². The van der Waals surface area contributed by atoms with Crippen LogP contribution in [-0.4, -0.2) is 19.8 Å². The van der Waals surface area contributed by atoms with Crippen molar-refractivity contribution in [2.45, 2.75) is 32.4 Å². The second kappa shape index (κ2) is 7.80. The fourth-order valence-corrected chi connectivity index (χ4v) is 2.14. The lowest BCUT2D eigenvalue weighted by atomic mass is 10.1. The Morgan fingerprint density at radius 3 is 2.88 bits per heavy atom. The van der Waals surface area contributed by atoms with Crippen molar-refractivity contribution in [2.75, 3.05) is 13.7 Å². The van der Waals surface area contributed by atoms with Gasteiger partial charge in [-0.05, 0) is 34.0 Å². The van der Waals surface area contributed by atoms with Crippen molar-refractivity contribution in [1.29, 1.82) is 0 Å². The minimum Gasteiger partial charge on any atom is -0.383 e. The van der Waals surface area contributed by atoms with E-state index in [0.29, 0.717) is 23.7 Å². The fourth-order valence-electron chi connectivity index (χ4n) is 1.73. The minimum atomic E-state index is -0.219. The molecule has 0 heterocycles. The van der Waals surface area contributed by atoms with E-state index in [0.717, 1.165) is 18.4 Å². The van der Waals surface area contributed by atoms with E-state index >= 15 is 0 Å². The van der Waals surface area contributed by atoms with E-state index in [2.05, 4.69) is 28.2 Å². The summed E-state index contributed by atoms with van der Waals surface area (Å²) in [5, 5.41) is 3.38. The molecule has 0 aliphatic heterocycles. The molecule has 1 N–H and O–H groups in total. The number of hydrogen-bond acceptors (Lipinski definition) is 2. The van der Waals surface area contributed by atoms with Crippen molar-refractivity contribution in [3.63, 3.8) is 0 Å². The number of rotatable bonds is 7. The normalized spacial score (nSPS) is 12.7. The number of nitrogens with one attached hydrogen (secondary N) is 1. The van der Waals surface area contributed by atoms with Gasteiger partial charge in [0, 0.05) is 19.7 Å². The Kier molecular flexibility index (Phi) is 6.70. The predicted octanol–water partition coefficient (Wildman–Crippen LogP) is 3.49. The van der Waals surface area contributed by atoms with E-state index in [9.17, 15) is 4.39 Å². The summed E-state index contributed by atoms with van der Waals surface area (Å²) in [5.74, 6) is -0.219. The highest BCUT2D eigenvalue weighted by atomic mass is 79.9. The zero-order chi connectivity index (χ0) is 12.7. The van der Waals surface area contributed by atoms with Gasteiger partial charge in [0.15, 0.2) is 0 Å². The minimum absolute atomic E-state index is 0.219. The van der Waals surface area contributed by atoms with Crippen molar-refractivity contribution in [3.05, 3.63) is 34.1 Å². The van der Waals surface area contributed by atoms with Crippen molar-refractivity contribution < 1.29 is 9.13 Å². The molecule has 0 aliphatic carbocycles. The molecule has 1 rings (SSSR count). The summed E-state index contributed by atoms with van der Waals surface area (Å²) in [6, 6.07) is 5.41. The fraction of sp³-hybridized carbons (Fsp3) is 0.538. The zero-order valence-corrected chi connectivity index (χ0v) is 11.9. The van der Waals surface area contributed by atoms with E-state index in [-0.39, 0.29) is 5.82 Å². The number of hydrogen-bond donors (Lipinski definition) is 1. The number of methoxy groups -OCH3 is 1. The van der Waals surface area contributed by atoms with E-state index in [1.165, 1.54) is 6.07 Å². The SMILES string of the molecule is CCCC(COC)NCc1cccc(F)c1Br. The Labute approximate surface area is 111 Å². The zero-order valence-electron chi connectivity index (χ0n) is 10.3. The maximum atomic E-state index is 13.3. The lowest BCUT2D eigenvalue weighted by molar-refractivity contribution is 0.161. The Morgan fingerprint density at radius 1 is 1.47 bits per heavy atom. The van der Waals surface area contributed by atoms with E-state index in [1.807, 2.05) is 6.07 Å². The summed E-state index contributed by atoms with van der Waals surface area (Å²) in [5.41, 5.74) is 0.933. The van der Waals surface area contributed by atoms with E-state index in [4.69, 9.17) is 4.74 Å². The van der Waals surface area contributed by atoms with Crippen LogP contribution < -0.4 is 5.32 Å². The van der Waals surface area contributed by atoms with Gasteiger partial charge in [-0.1, -0.05) is 25.5 Å². The molecule has 0 saturated carbocycles. The van der Waals surface area contributed by atoms with Gasteiger partial charge in [0.25, 0.3) is 0 Å². The van der Waals surface area contributed by atoms with Gasteiger partial charge in [-0.15, -0.1) is 0 Å². The van der Waals surface area contributed by atoms with Crippen molar-refractivity contribution in [3.8, 4) is 0 Å². The average molecular weight is 304 g/mol. The van der Waals surface area contributed by atoms with Gasteiger partial charge in [0.05, 0.1) is 11.1 Å². The molecule has 0 saturated heterocycles. The van der Waals surface area contributed by atoms with Crippen LogP contribution in [0.25, 0.3) is 0 Å². The third kappa shape index (κ3) is 4.74. The van der Waals surface area contributed by atoms with E-state index in [1.54, 1.807) is 13.2 Å². The van der Waals surface area contributed by atoms with Crippen molar-refractivity contribution in [2.24, 2.45) is 0 Å². The summed E-state index contributed by atoms with van der Waals surface area (Å²) < 4.78 is 19.0. The van der Waals surface area contributed by atoms with Crippen LogP contribution >= 0.6 is 15.9 Å². The lowest BCUT2D eigenvalue weighted by Gasteiger charge is -2.17. The quantitative estimate of drug-likeness (QED) is 0.832.